The minimum Gasteiger partial charge on any atom is -0.348 e. The fraction of sp³-hybridized carbons (Fsp3) is 0.875. The molecule has 66 valence electrons. The molecule has 2 heterocycles. The third-order valence-corrected chi connectivity index (χ3v) is 2.19. The first-order valence-corrected chi connectivity index (χ1v) is 4.10. The lowest BCUT2D eigenvalue weighted by atomic mass is 10.2. The number of nitriles is 1. The molecule has 2 aliphatic rings. The van der Waals surface area contributed by atoms with E-state index in [2.05, 4.69) is 11.4 Å². The van der Waals surface area contributed by atoms with E-state index in [9.17, 15) is 0 Å². The van der Waals surface area contributed by atoms with Crippen molar-refractivity contribution in [3.8, 4) is 6.07 Å². The predicted octanol–water partition coefficient (Wildman–Crippen LogP) is 0.00188. The standard InChI is InChI=1S/C8H12N2O2/c1-8(2)11-4-6(12-8)7-5(3-9)10-7/h5-7,10H,4H2,1-2H3/t5-,6-,7-/m1/s1. The molecule has 2 fully saturated rings. The van der Waals surface area contributed by atoms with Crippen LogP contribution in [0.2, 0.25) is 0 Å². The Morgan fingerprint density at radius 2 is 2.33 bits per heavy atom. The van der Waals surface area contributed by atoms with Crippen LogP contribution in [-0.4, -0.2) is 30.6 Å². The zero-order chi connectivity index (χ0) is 8.77. The van der Waals surface area contributed by atoms with Gasteiger partial charge in [0.15, 0.2) is 5.79 Å². The summed E-state index contributed by atoms with van der Waals surface area (Å²) in [4.78, 5) is 0. The van der Waals surface area contributed by atoms with E-state index in [1.807, 2.05) is 13.8 Å². The van der Waals surface area contributed by atoms with Crippen molar-refractivity contribution in [3.05, 3.63) is 0 Å². The number of hydrogen-bond donors (Lipinski definition) is 1. The lowest BCUT2D eigenvalue weighted by Crippen LogP contribution is -2.25. The van der Waals surface area contributed by atoms with Gasteiger partial charge < -0.3 is 9.47 Å². The van der Waals surface area contributed by atoms with Crippen molar-refractivity contribution in [1.82, 2.24) is 5.32 Å². The molecular weight excluding hydrogens is 156 g/mol. The van der Waals surface area contributed by atoms with Crippen molar-refractivity contribution in [2.45, 2.75) is 37.8 Å². The number of nitrogens with zero attached hydrogens (tertiary/aromatic N) is 1. The fourth-order valence-electron chi connectivity index (χ4n) is 1.48. The Hall–Kier alpha value is -0.630. The van der Waals surface area contributed by atoms with E-state index in [-0.39, 0.29) is 18.2 Å². The average molecular weight is 168 g/mol. The number of nitrogens with one attached hydrogen (secondary N) is 1. The molecular formula is C8H12N2O2. The Kier molecular flexibility index (Phi) is 1.62. The lowest BCUT2D eigenvalue weighted by molar-refractivity contribution is -0.138. The topological polar surface area (TPSA) is 64.2 Å². The summed E-state index contributed by atoms with van der Waals surface area (Å²) in [7, 11) is 0. The van der Waals surface area contributed by atoms with Crippen LogP contribution in [0.25, 0.3) is 0 Å². The molecule has 0 bridgehead atoms. The molecule has 0 spiro atoms. The minimum absolute atomic E-state index is 0.0347. The molecule has 4 heteroatoms. The molecule has 0 aromatic rings. The summed E-state index contributed by atoms with van der Waals surface area (Å²) in [5.74, 6) is -0.477. The van der Waals surface area contributed by atoms with E-state index in [1.165, 1.54) is 0 Å². The predicted molar refractivity (Wildman–Crippen MR) is 41.2 cm³/mol. The maximum atomic E-state index is 8.56. The smallest absolute Gasteiger partial charge is 0.163 e. The molecule has 0 unspecified atom stereocenters. The van der Waals surface area contributed by atoms with Crippen molar-refractivity contribution < 1.29 is 9.47 Å². The summed E-state index contributed by atoms with van der Waals surface area (Å²) in [6, 6.07) is 2.29. The van der Waals surface area contributed by atoms with Crippen LogP contribution in [-0.2, 0) is 9.47 Å². The first-order chi connectivity index (χ1) is 5.62. The largest absolute Gasteiger partial charge is 0.348 e. The quantitative estimate of drug-likeness (QED) is 0.560. The van der Waals surface area contributed by atoms with Crippen molar-refractivity contribution in [1.29, 1.82) is 5.26 Å². The number of ether oxygens (including phenoxy) is 2. The van der Waals surface area contributed by atoms with Crippen LogP contribution >= 0.6 is 0 Å². The highest BCUT2D eigenvalue weighted by Crippen LogP contribution is 2.29. The Morgan fingerprint density at radius 3 is 2.75 bits per heavy atom. The van der Waals surface area contributed by atoms with Gasteiger partial charge in [-0.15, -0.1) is 0 Å². The van der Waals surface area contributed by atoms with E-state index in [4.69, 9.17) is 14.7 Å². The van der Waals surface area contributed by atoms with Gasteiger partial charge in [-0.1, -0.05) is 0 Å². The molecule has 3 atom stereocenters. The number of hydrogen-bond acceptors (Lipinski definition) is 4. The van der Waals surface area contributed by atoms with E-state index in [0.29, 0.717) is 6.61 Å². The molecule has 12 heavy (non-hydrogen) atoms. The van der Waals surface area contributed by atoms with Crippen LogP contribution < -0.4 is 5.32 Å². The van der Waals surface area contributed by atoms with Gasteiger partial charge in [-0.05, 0) is 13.8 Å². The van der Waals surface area contributed by atoms with E-state index >= 15 is 0 Å². The molecule has 4 nitrogen and oxygen atoms in total. The second-order valence-corrected chi connectivity index (χ2v) is 3.67. The second kappa shape index (κ2) is 2.43. The van der Waals surface area contributed by atoms with Crippen molar-refractivity contribution in [2.75, 3.05) is 6.61 Å². The second-order valence-electron chi connectivity index (χ2n) is 3.67. The Balaban J connectivity index is 1.90. The summed E-state index contributed by atoms with van der Waals surface area (Å²) in [6.07, 6.45) is 0.0460. The van der Waals surface area contributed by atoms with Crippen LogP contribution in [0.3, 0.4) is 0 Å². The molecule has 0 aliphatic carbocycles. The van der Waals surface area contributed by atoms with Gasteiger partial charge in [0.25, 0.3) is 0 Å². The van der Waals surface area contributed by atoms with Gasteiger partial charge >= 0.3 is 0 Å². The van der Waals surface area contributed by atoms with E-state index in [1.54, 1.807) is 0 Å². The fourth-order valence-corrected chi connectivity index (χ4v) is 1.48. The highest BCUT2D eigenvalue weighted by atomic mass is 16.7. The molecule has 1 N–H and O–H groups in total. The van der Waals surface area contributed by atoms with Gasteiger partial charge in [0.1, 0.15) is 12.1 Å². The average Bonchev–Trinajstić information content (AvgIpc) is 2.70. The van der Waals surface area contributed by atoms with Crippen molar-refractivity contribution in [2.24, 2.45) is 0 Å². The summed E-state index contributed by atoms with van der Waals surface area (Å²) in [6.45, 7) is 4.36. The Bertz CT molecular complexity index is 234. The molecule has 0 aromatic heterocycles. The van der Waals surface area contributed by atoms with E-state index < -0.39 is 5.79 Å². The van der Waals surface area contributed by atoms with E-state index in [0.717, 1.165) is 0 Å². The number of rotatable bonds is 1. The van der Waals surface area contributed by atoms with Crippen LogP contribution in [0.5, 0.6) is 0 Å². The highest BCUT2D eigenvalue weighted by molar-refractivity contribution is 5.15. The summed E-state index contributed by atoms with van der Waals surface area (Å²) < 4.78 is 10.9. The minimum atomic E-state index is -0.477. The monoisotopic (exact) mass is 168 g/mol. The zero-order valence-electron chi connectivity index (χ0n) is 7.20. The van der Waals surface area contributed by atoms with Gasteiger partial charge in [0.05, 0.1) is 18.7 Å². The van der Waals surface area contributed by atoms with Gasteiger partial charge in [-0.25, -0.2) is 0 Å². The lowest BCUT2D eigenvalue weighted by Gasteiger charge is -2.16. The van der Waals surface area contributed by atoms with Gasteiger partial charge in [0.2, 0.25) is 0 Å². The third-order valence-electron chi connectivity index (χ3n) is 2.19. The normalized spacial score (nSPS) is 43.9. The van der Waals surface area contributed by atoms with Gasteiger partial charge in [-0.3, -0.25) is 5.32 Å². The molecule has 2 saturated heterocycles. The first kappa shape index (κ1) is 7.99. The van der Waals surface area contributed by atoms with Crippen LogP contribution in [0.1, 0.15) is 13.8 Å². The van der Waals surface area contributed by atoms with Crippen molar-refractivity contribution in [3.63, 3.8) is 0 Å². The maximum Gasteiger partial charge on any atom is 0.163 e. The Morgan fingerprint density at radius 1 is 1.58 bits per heavy atom. The summed E-state index contributed by atoms with van der Waals surface area (Å²) >= 11 is 0. The molecule has 0 radical (unpaired) electrons. The first-order valence-electron chi connectivity index (χ1n) is 4.10. The SMILES string of the molecule is CC1(C)OC[C@H]([C@@H]2N[C@@H]2C#N)O1. The molecule has 2 rings (SSSR count). The Labute approximate surface area is 71.5 Å². The maximum absolute atomic E-state index is 8.56. The molecule has 0 amide bonds. The van der Waals surface area contributed by atoms with Crippen LogP contribution in [0.4, 0.5) is 0 Å². The van der Waals surface area contributed by atoms with Crippen LogP contribution in [0.15, 0.2) is 0 Å². The highest BCUT2D eigenvalue weighted by Gasteiger charge is 2.48. The third kappa shape index (κ3) is 1.31. The summed E-state index contributed by atoms with van der Waals surface area (Å²) in [5.41, 5.74) is 0. The molecule has 0 saturated carbocycles. The van der Waals surface area contributed by atoms with Crippen LogP contribution in [0, 0.1) is 11.3 Å². The van der Waals surface area contributed by atoms with Crippen molar-refractivity contribution >= 4 is 0 Å². The van der Waals surface area contributed by atoms with Gasteiger partial charge in [0, 0.05) is 0 Å². The zero-order valence-corrected chi connectivity index (χ0v) is 7.20. The molecule has 0 aromatic carbocycles. The molecule has 2 aliphatic heterocycles. The summed E-state index contributed by atoms with van der Waals surface area (Å²) in [5, 5.41) is 11.6. The van der Waals surface area contributed by atoms with Gasteiger partial charge in [-0.2, -0.15) is 5.26 Å².